The zero-order valence-electron chi connectivity index (χ0n) is 12.7. The maximum atomic E-state index is 12.3. The van der Waals surface area contributed by atoms with Gasteiger partial charge in [-0.1, -0.05) is 13.0 Å². The van der Waals surface area contributed by atoms with E-state index in [1.807, 2.05) is 42.1 Å². The van der Waals surface area contributed by atoms with Crippen molar-refractivity contribution < 1.29 is 4.79 Å². The highest BCUT2D eigenvalue weighted by molar-refractivity contribution is 6.03. The van der Waals surface area contributed by atoms with Gasteiger partial charge in [0.15, 0.2) is 5.82 Å². The Hall–Kier alpha value is -3.15. The highest BCUT2D eigenvalue weighted by Gasteiger charge is 2.11. The molecule has 0 unspecified atom stereocenters. The number of rotatable bonds is 4. The Morgan fingerprint density at radius 3 is 2.65 bits per heavy atom. The molecule has 116 valence electrons. The minimum Gasteiger partial charge on any atom is -0.396 e. The van der Waals surface area contributed by atoms with Gasteiger partial charge in [-0.25, -0.2) is 4.98 Å². The van der Waals surface area contributed by atoms with Crippen molar-refractivity contribution in [2.24, 2.45) is 0 Å². The van der Waals surface area contributed by atoms with E-state index in [9.17, 15) is 4.79 Å². The van der Waals surface area contributed by atoms with Crippen LogP contribution in [-0.4, -0.2) is 20.4 Å². The summed E-state index contributed by atoms with van der Waals surface area (Å²) in [5.41, 5.74) is 7.72. The number of nitrogens with zero attached hydrogens (tertiary/aromatic N) is 3. The molecule has 0 radical (unpaired) electrons. The third-order valence-corrected chi connectivity index (χ3v) is 3.48. The zero-order chi connectivity index (χ0) is 16.2. The van der Waals surface area contributed by atoms with E-state index in [1.165, 1.54) is 0 Å². The molecule has 0 spiro atoms. The Balaban J connectivity index is 1.83. The van der Waals surface area contributed by atoms with E-state index in [0.29, 0.717) is 23.0 Å². The zero-order valence-corrected chi connectivity index (χ0v) is 12.7. The van der Waals surface area contributed by atoms with E-state index in [1.54, 1.807) is 24.4 Å². The van der Waals surface area contributed by atoms with Gasteiger partial charge in [0.05, 0.1) is 5.69 Å². The van der Waals surface area contributed by atoms with Crippen LogP contribution in [0.25, 0.3) is 5.82 Å². The number of anilines is 2. The summed E-state index contributed by atoms with van der Waals surface area (Å²) in [5, 5.41) is 2.72. The van der Waals surface area contributed by atoms with E-state index in [0.717, 1.165) is 12.0 Å². The fraction of sp³-hybridized carbons (Fsp3) is 0.118. The molecule has 3 rings (SSSR count). The molecule has 0 aliphatic heterocycles. The van der Waals surface area contributed by atoms with E-state index in [4.69, 9.17) is 5.73 Å². The Labute approximate surface area is 134 Å². The van der Waals surface area contributed by atoms with Crippen molar-refractivity contribution in [3.63, 3.8) is 0 Å². The molecule has 1 amide bonds. The van der Waals surface area contributed by atoms with Crippen LogP contribution in [0.5, 0.6) is 0 Å². The van der Waals surface area contributed by atoms with Crippen LogP contribution in [0, 0.1) is 0 Å². The molecule has 0 atom stereocenters. The molecule has 6 nitrogen and oxygen atoms in total. The van der Waals surface area contributed by atoms with Gasteiger partial charge >= 0.3 is 0 Å². The molecule has 3 heterocycles. The number of aryl methyl sites for hydroxylation is 1. The van der Waals surface area contributed by atoms with E-state index < -0.39 is 0 Å². The van der Waals surface area contributed by atoms with Crippen molar-refractivity contribution in [1.29, 1.82) is 0 Å². The van der Waals surface area contributed by atoms with Gasteiger partial charge in [-0.2, -0.15) is 0 Å². The molecule has 0 aromatic carbocycles. The number of carbonyl (C=O) groups is 1. The highest BCUT2D eigenvalue weighted by atomic mass is 16.1. The summed E-state index contributed by atoms with van der Waals surface area (Å²) in [6, 6.07) is 10.9. The number of nitrogen functional groups attached to an aromatic ring is 1. The second-order valence-corrected chi connectivity index (χ2v) is 5.06. The van der Waals surface area contributed by atoms with Gasteiger partial charge in [-0.3, -0.25) is 9.78 Å². The van der Waals surface area contributed by atoms with Crippen LogP contribution in [0.2, 0.25) is 0 Å². The number of nitrogens with one attached hydrogen (secondary N) is 1. The fourth-order valence-corrected chi connectivity index (χ4v) is 2.13. The summed E-state index contributed by atoms with van der Waals surface area (Å²) in [4.78, 5) is 20.8. The number of nitrogens with two attached hydrogens (primary N) is 1. The molecule has 23 heavy (non-hydrogen) atoms. The predicted octanol–water partition coefficient (Wildman–Crippen LogP) is 2.66. The Bertz CT molecular complexity index is 810. The van der Waals surface area contributed by atoms with Crippen LogP contribution in [0.3, 0.4) is 0 Å². The van der Waals surface area contributed by atoms with Crippen molar-refractivity contribution in [1.82, 2.24) is 14.5 Å². The van der Waals surface area contributed by atoms with Gasteiger partial charge in [0, 0.05) is 18.6 Å². The number of pyridine rings is 2. The van der Waals surface area contributed by atoms with Gasteiger partial charge in [-0.15, -0.1) is 0 Å². The minimum atomic E-state index is -0.337. The van der Waals surface area contributed by atoms with Crippen molar-refractivity contribution >= 4 is 17.4 Å². The molecule has 0 bridgehead atoms. The average molecular weight is 307 g/mol. The van der Waals surface area contributed by atoms with Crippen molar-refractivity contribution in [3.8, 4) is 5.82 Å². The van der Waals surface area contributed by atoms with E-state index in [-0.39, 0.29) is 5.91 Å². The van der Waals surface area contributed by atoms with Crippen LogP contribution in [0.1, 0.15) is 23.0 Å². The summed E-state index contributed by atoms with van der Waals surface area (Å²) in [7, 11) is 0. The molecule has 0 saturated carbocycles. The maximum Gasteiger partial charge on any atom is 0.275 e. The van der Waals surface area contributed by atoms with Gasteiger partial charge in [0.25, 0.3) is 5.91 Å². The summed E-state index contributed by atoms with van der Waals surface area (Å²) in [6.45, 7) is 2.04. The lowest BCUT2D eigenvalue weighted by atomic mass is 10.2. The number of hydrogen-bond acceptors (Lipinski definition) is 4. The smallest absolute Gasteiger partial charge is 0.275 e. The summed E-state index contributed by atoms with van der Waals surface area (Å²) in [6.07, 6.45) is 6.31. The third kappa shape index (κ3) is 3.21. The Morgan fingerprint density at radius 2 is 2.00 bits per heavy atom. The molecule has 3 aromatic heterocycles. The summed E-state index contributed by atoms with van der Waals surface area (Å²) in [5.74, 6) is 0.660. The van der Waals surface area contributed by atoms with Gasteiger partial charge in [0.1, 0.15) is 11.5 Å². The van der Waals surface area contributed by atoms with Crippen molar-refractivity contribution in [2.45, 2.75) is 13.3 Å². The lowest BCUT2D eigenvalue weighted by Gasteiger charge is -2.10. The van der Waals surface area contributed by atoms with Crippen LogP contribution in [-0.2, 0) is 6.42 Å². The molecule has 0 fully saturated rings. The van der Waals surface area contributed by atoms with Gasteiger partial charge in [-0.05, 0) is 42.3 Å². The fourth-order valence-electron chi connectivity index (χ4n) is 2.13. The molecule has 0 saturated heterocycles. The normalized spacial score (nSPS) is 10.5. The lowest BCUT2D eigenvalue weighted by Crippen LogP contribution is -2.16. The topological polar surface area (TPSA) is 85.8 Å². The average Bonchev–Trinajstić information content (AvgIpc) is 3.11. The van der Waals surface area contributed by atoms with Crippen molar-refractivity contribution in [2.75, 3.05) is 11.1 Å². The van der Waals surface area contributed by atoms with Crippen LogP contribution in [0.4, 0.5) is 11.5 Å². The first-order valence-electron chi connectivity index (χ1n) is 7.33. The standard InChI is InChI=1S/C17H17N5O/c1-2-12-5-7-14(19-11-12)17(23)21-16-13(18)6-8-15(20-16)22-9-3-4-10-22/h3-11H,2,18H2,1H3,(H,20,21,23). The molecule has 3 N–H and O–H groups in total. The first-order chi connectivity index (χ1) is 11.2. The van der Waals surface area contributed by atoms with Crippen LogP contribution < -0.4 is 11.1 Å². The predicted molar refractivity (Wildman–Crippen MR) is 89.5 cm³/mol. The van der Waals surface area contributed by atoms with E-state index >= 15 is 0 Å². The number of carbonyl (C=O) groups excluding carboxylic acids is 1. The number of amides is 1. The monoisotopic (exact) mass is 307 g/mol. The first-order valence-corrected chi connectivity index (χ1v) is 7.33. The molecule has 0 aliphatic carbocycles. The SMILES string of the molecule is CCc1ccc(C(=O)Nc2nc(-n3cccc3)ccc2N)nc1. The van der Waals surface area contributed by atoms with Gasteiger partial charge < -0.3 is 15.6 Å². The van der Waals surface area contributed by atoms with Gasteiger partial charge in [0.2, 0.25) is 0 Å². The summed E-state index contributed by atoms with van der Waals surface area (Å²) < 4.78 is 1.84. The molecule has 6 heteroatoms. The van der Waals surface area contributed by atoms with Crippen LogP contribution >= 0.6 is 0 Å². The first kappa shape index (κ1) is 14.8. The third-order valence-electron chi connectivity index (χ3n) is 3.48. The molecule has 3 aromatic rings. The van der Waals surface area contributed by atoms with Crippen molar-refractivity contribution in [3.05, 3.63) is 66.2 Å². The van der Waals surface area contributed by atoms with E-state index in [2.05, 4.69) is 15.3 Å². The second kappa shape index (κ2) is 6.31. The summed E-state index contributed by atoms with van der Waals surface area (Å²) >= 11 is 0. The molecular formula is C17H17N5O. The molecule has 0 aliphatic rings. The second-order valence-electron chi connectivity index (χ2n) is 5.06. The lowest BCUT2D eigenvalue weighted by molar-refractivity contribution is 0.102. The van der Waals surface area contributed by atoms with Crippen LogP contribution in [0.15, 0.2) is 55.0 Å². The maximum absolute atomic E-state index is 12.3. The minimum absolute atomic E-state index is 0.322. The quantitative estimate of drug-likeness (QED) is 0.776. The Morgan fingerprint density at radius 1 is 1.22 bits per heavy atom. The highest BCUT2D eigenvalue weighted by Crippen LogP contribution is 2.18. The number of hydrogen-bond donors (Lipinski definition) is 2. The Kier molecular flexibility index (Phi) is 4.05. The largest absolute Gasteiger partial charge is 0.396 e. The number of aromatic nitrogens is 3. The molecular weight excluding hydrogens is 290 g/mol.